The van der Waals surface area contributed by atoms with Gasteiger partial charge in [0, 0.05) is 40.5 Å². The molecule has 0 saturated heterocycles. The van der Waals surface area contributed by atoms with Crippen LogP contribution in [0.5, 0.6) is 0 Å². The van der Waals surface area contributed by atoms with E-state index in [2.05, 4.69) is 9.97 Å². The molecule has 2 heterocycles. The highest BCUT2D eigenvalue weighted by Gasteiger charge is 2.73. The van der Waals surface area contributed by atoms with Gasteiger partial charge in [-0.25, -0.2) is 9.37 Å². The van der Waals surface area contributed by atoms with Crippen molar-refractivity contribution in [2.75, 3.05) is 0 Å². The number of hydrogen-bond donors (Lipinski definition) is 2. The lowest BCUT2D eigenvalue weighted by Gasteiger charge is -2.28. The number of halogens is 8. The van der Waals surface area contributed by atoms with Gasteiger partial charge in [0.15, 0.2) is 4.34 Å². The number of aliphatic hydroxyl groups excluding tert-OH is 1. The van der Waals surface area contributed by atoms with Crippen LogP contribution in [-0.4, -0.2) is 38.0 Å². The first kappa shape index (κ1) is 28.2. The van der Waals surface area contributed by atoms with Crippen LogP contribution in [0.15, 0.2) is 39.8 Å². The van der Waals surface area contributed by atoms with Gasteiger partial charge in [-0.2, -0.15) is 30.7 Å². The summed E-state index contributed by atoms with van der Waals surface area (Å²) in [6, 6.07) is 1.06. The van der Waals surface area contributed by atoms with Gasteiger partial charge in [-0.15, -0.1) is 11.3 Å². The number of carbonyl (C=O) groups is 1. The summed E-state index contributed by atoms with van der Waals surface area (Å²) < 4.78 is 107. The fourth-order valence-corrected chi connectivity index (χ4v) is 4.90. The SMILES string of the molecule is NC(=O)c1cc([N+](=O)[O-])cc(-c2ncc(C(F)(F)C(F)(F)C(F)(F)F)cc2F)c1Sc1ncc(CO)s1. The van der Waals surface area contributed by atoms with Gasteiger partial charge in [0.2, 0.25) is 5.91 Å². The fraction of sp³-hybridized carbons (Fsp3) is 0.211. The van der Waals surface area contributed by atoms with Gasteiger partial charge in [0.05, 0.1) is 22.0 Å². The van der Waals surface area contributed by atoms with E-state index in [9.17, 15) is 55.1 Å². The number of rotatable bonds is 8. The number of primary amides is 1. The van der Waals surface area contributed by atoms with Crippen LogP contribution in [0.4, 0.5) is 40.8 Å². The summed E-state index contributed by atoms with van der Waals surface area (Å²) >= 11 is 1.49. The molecule has 0 atom stereocenters. The number of aliphatic hydroxyl groups is 1. The topological polar surface area (TPSA) is 132 Å². The van der Waals surface area contributed by atoms with Crippen molar-refractivity contribution < 1.29 is 49.9 Å². The average molecular weight is 574 g/mol. The third kappa shape index (κ3) is 5.21. The number of aromatic nitrogens is 2. The molecular weight excluding hydrogens is 564 g/mol. The minimum absolute atomic E-state index is 0.107. The van der Waals surface area contributed by atoms with Crippen LogP contribution in [0.25, 0.3) is 11.3 Å². The maximum Gasteiger partial charge on any atom is 0.460 e. The highest BCUT2D eigenvalue weighted by atomic mass is 32.2. The van der Waals surface area contributed by atoms with Crippen molar-refractivity contribution in [3.05, 3.63) is 62.5 Å². The summed E-state index contributed by atoms with van der Waals surface area (Å²) in [6.07, 6.45) is -5.60. The molecule has 3 N–H and O–H groups in total. The smallest absolute Gasteiger partial charge is 0.391 e. The number of nitrogens with two attached hydrogens (primary N) is 1. The number of thiazole rings is 1. The highest BCUT2D eigenvalue weighted by molar-refractivity contribution is 8.01. The molecule has 0 unspecified atom stereocenters. The predicted molar refractivity (Wildman–Crippen MR) is 112 cm³/mol. The molecule has 0 saturated carbocycles. The lowest BCUT2D eigenvalue weighted by molar-refractivity contribution is -0.384. The summed E-state index contributed by atoms with van der Waals surface area (Å²) in [4.78, 5) is 29.6. The molecule has 8 nitrogen and oxygen atoms in total. The molecule has 0 aliphatic rings. The molecule has 0 fully saturated rings. The van der Waals surface area contributed by atoms with Crippen molar-refractivity contribution in [2.24, 2.45) is 5.73 Å². The molecule has 1 amide bonds. The Hall–Kier alpha value is -3.38. The van der Waals surface area contributed by atoms with E-state index in [0.717, 1.165) is 17.4 Å². The van der Waals surface area contributed by atoms with Gasteiger partial charge in [-0.05, 0) is 6.07 Å². The van der Waals surface area contributed by atoms with Crippen LogP contribution in [-0.2, 0) is 12.5 Å². The molecule has 3 aromatic rings. The average Bonchev–Trinajstić information content (AvgIpc) is 3.25. The number of non-ortho nitro benzene ring substituents is 1. The fourth-order valence-electron chi connectivity index (χ4n) is 2.85. The number of nitro benzene ring substituents is 1. The van der Waals surface area contributed by atoms with Gasteiger partial charge in [0.25, 0.3) is 5.69 Å². The van der Waals surface area contributed by atoms with Gasteiger partial charge in [-0.3, -0.25) is 19.9 Å². The minimum Gasteiger partial charge on any atom is -0.391 e. The predicted octanol–water partition coefficient (Wildman–Crippen LogP) is 5.28. The van der Waals surface area contributed by atoms with E-state index in [0.29, 0.717) is 22.7 Å². The van der Waals surface area contributed by atoms with Gasteiger partial charge in [-0.1, -0.05) is 11.8 Å². The Labute approximate surface area is 208 Å². The molecule has 0 aliphatic heterocycles. The quantitative estimate of drug-likeness (QED) is 0.212. The molecular formula is C19H10F8N4O4S2. The monoisotopic (exact) mass is 574 g/mol. The van der Waals surface area contributed by atoms with Crippen molar-refractivity contribution in [3.8, 4) is 11.3 Å². The first-order valence-corrected chi connectivity index (χ1v) is 11.0. The number of alkyl halides is 7. The summed E-state index contributed by atoms with van der Waals surface area (Å²) in [7, 11) is 0. The first-order chi connectivity index (χ1) is 17.0. The number of benzene rings is 1. The van der Waals surface area contributed by atoms with Crippen LogP contribution in [0.3, 0.4) is 0 Å². The zero-order valence-electron chi connectivity index (χ0n) is 17.5. The second-order valence-electron chi connectivity index (χ2n) is 7.05. The third-order valence-electron chi connectivity index (χ3n) is 4.64. The normalized spacial score (nSPS) is 12.6. The number of nitrogens with zero attached hydrogens (tertiary/aromatic N) is 3. The summed E-state index contributed by atoms with van der Waals surface area (Å²) in [5, 5.41) is 20.5. The van der Waals surface area contributed by atoms with E-state index in [1.165, 1.54) is 6.20 Å². The van der Waals surface area contributed by atoms with E-state index in [1.807, 2.05) is 0 Å². The minimum atomic E-state index is -6.69. The van der Waals surface area contributed by atoms with Crippen molar-refractivity contribution in [1.82, 2.24) is 9.97 Å². The first-order valence-electron chi connectivity index (χ1n) is 9.35. The van der Waals surface area contributed by atoms with E-state index in [1.54, 1.807) is 0 Å². The molecule has 0 aliphatic carbocycles. The Kier molecular flexibility index (Phi) is 7.49. The van der Waals surface area contributed by atoms with Crippen LogP contribution in [0.1, 0.15) is 20.8 Å². The van der Waals surface area contributed by atoms with Gasteiger partial charge >= 0.3 is 18.0 Å². The Morgan fingerprint density at radius 3 is 2.24 bits per heavy atom. The molecule has 37 heavy (non-hydrogen) atoms. The highest BCUT2D eigenvalue weighted by Crippen LogP contribution is 2.52. The van der Waals surface area contributed by atoms with Crippen molar-refractivity contribution >= 4 is 34.7 Å². The van der Waals surface area contributed by atoms with E-state index in [4.69, 9.17) is 5.73 Å². The number of hydrogen-bond acceptors (Lipinski definition) is 8. The molecule has 0 spiro atoms. The third-order valence-corrected chi connectivity index (χ3v) is 6.84. The summed E-state index contributed by atoms with van der Waals surface area (Å²) in [6.45, 7) is -0.428. The molecule has 1 aromatic carbocycles. The Morgan fingerprint density at radius 1 is 1.11 bits per heavy atom. The maximum atomic E-state index is 14.9. The molecule has 0 bridgehead atoms. The van der Waals surface area contributed by atoms with Crippen LogP contribution in [0, 0.1) is 15.9 Å². The van der Waals surface area contributed by atoms with Crippen molar-refractivity contribution in [3.63, 3.8) is 0 Å². The van der Waals surface area contributed by atoms with E-state index in [-0.39, 0.29) is 21.5 Å². The number of amides is 1. The van der Waals surface area contributed by atoms with Crippen LogP contribution >= 0.6 is 23.1 Å². The molecule has 198 valence electrons. The second kappa shape index (κ2) is 9.82. The summed E-state index contributed by atoms with van der Waals surface area (Å²) in [5.74, 6) is -15.6. The molecule has 3 rings (SSSR count). The van der Waals surface area contributed by atoms with Gasteiger partial charge < -0.3 is 10.8 Å². The van der Waals surface area contributed by atoms with E-state index < -0.39 is 69.3 Å². The number of pyridine rings is 1. The van der Waals surface area contributed by atoms with Crippen LogP contribution < -0.4 is 5.73 Å². The Morgan fingerprint density at radius 2 is 1.76 bits per heavy atom. The summed E-state index contributed by atoms with van der Waals surface area (Å²) in [5.41, 5.74) is 0.178. The van der Waals surface area contributed by atoms with E-state index >= 15 is 0 Å². The number of nitro groups is 1. The lowest BCUT2D eigenvalue weighted by Crippen LogP contribution is -2.50. The van der Waals surface area contributed by atoms with Crippen molar-refractivity contribution in [1.29, 1.82) is 0 Å². The Bertz CT molecular complexity index is 1380. The molecule has 0 radical (unpaired) electrons. The second-order valence-corrected chi connectivity index (χ2v) is 9.42. The Balaban J connectivity index is 2.24. The molecule has 2 aromatic heterocycles. The maximum absolute atomic E-state index is 14.9. The zero-order chi connectivity index (χ0) is 27.9. The number of carbonyl (C=O) groups excluding carboxylic acids is 1. The lowest BCUT2D eigenvalue weighted by atomic mass is 10.0. The molecule has 18 heteroatoms. The van der Waals surface area contributed by atoms with Crippen molar-refractivity contribution in [2.45, 2.75) is 33.9 Å². The largest absolute Gasteiger partial charge is 0.460 e. The van der Waals surface area contributed by atoms with Crippen LogP contribution in [0.2, 0.25) is 0 Å². The zero-order valence-corrected chi connectivity index (χ0v) is 19.2. The van der Waals surface area contributed by atoms with Gasteiger partial charge in [0.1, 0.15) is 11.5 Å². The standard InChI is InChI=1S/C19H10F8N4O4S2/c20-12-1-7(17(21,22)18(23,24)19(25,26)27)4-29-13(12)10-2-8(31(34)35)3-11(15(28)33)14(10)37-16-30-5-9(6-32)36-16/h1-5,32H,6H2,(H2,28,33).